The molecule has 0 aromatic heterocycles. The van der Waals surface area contributed by atoms with E-state index in [1.165, 1.54) is 0 Å². The number of carbonyl (C=O) groups excluding carboxylic acids is 1. The number of hydrogen-bond donors (Lipinski definition) is 2. The van der Waals surface area contributed by atoms with Crippen molar-refractivity contribution < 1.29 is 4.79 Å². The molecule has 2 N–H and O–H groups in total. The van der Waals surface area contributed by atoms with Gasteiger partial charge >= 0.3 is 0 Å². The summed E-state index contributed by atoms with van der Waals surface area (Å²) >= 11 is 0. The summed E-state index contributed by atoms with van der Waals surface area (Å²) in [6, 6.07) is 7.33. The molecular formula is C11H18N2O. The average Bonchev–Trinajstić information content (AvgIpc) is 2.30. The first-order valence-corrected chi connectivity index (χ1v) is 4.78. The minimum Gasteiger partial charge on any atom is -0.388 e. The Labute approximate surface area is 85.5 Å². The number of rotatable bonds is 2. The Balaban J connectivity index is 0.000000791. The largest absolute Gasteiger partial charge is 0.388 e. The third kappa shape index (κ3) is 3.47. The maximum Gasteiger partial charge on any atom is 0.251 e. The smallest absolute Gasteiger partial charge is 0.251 e. The number of hydrogen-bond acceptors (Lipinski definition) is 2. The van der Waals surface area contributed by atoms with Crippen molar-refractivity contribution >= 4 is 11.6 Å². The molecule has 0 fully saturated rings. The van der Waals surface area contributed by atoms with E-state index in [1.54, 1.807) is 19.2 Å². The van der Waals surface area contributed by atoms with Gasteiger partial charge in [-0.3, -0.25) is 4.79 Å². The Morgan fingerprint density at radius 3 is 2.36 bits per heavy atom. The van der Waals surface area contributed by atoms with Gasteiger partial charge in [-0.15, -0.1) is 0 Å². The van der Waals surface area contributed by atoms with Gasteiger partial charge in [0.2, 0.25) is 0 Å². The number of carbonyl (C=O) groups is 1. The molecule has 0 radical (unpaired) electrons. The normalized spacial score (nSPS) is 8.29. The van der Waals surface area contributed by atoms with E-state index in [0.717, 1.165) is 5.69 Å². The first kappa shape index (κ1) is 12.5. The van der Waals surface area contributed by atoms with E-state index in [0.29, 0.717) is 5.56 Å². The van der Waals surface area contributed by atoms with Crippen molar-refractivity contribution in [1.29, 1.82) is 0 Å². The summed E-state index contributed by atoms with van der Waals surface area (Å²) in [6.07, 6.45) is 0. The molecule has 3 nitrogen and oxygen atoms in total. The maximum absolute atomic E-state index is 11.1. The first-order chi connectivity index (χ1) is 6.77. The van der Waals surface area contributed by atoms with Gasteiger partial charge in [0.05, 0.1) is 0 Å². The van der Waals surface area contributed by atoms with Gasteiger partial charge in [-0.1, -0.05) is 19.9 Å². The lowest BCUT2D eigenvalue weighted by Crippen LogP contribution is -2.17. The third-order valence-electron chi connectivity index (χ3n) is 1.64. The molecule has 0 aliphatic rings. The monoisotopic (exact) mass is 194 g/mol. The van der Waals surface area contributed by atoms with Crippen molar-refractivity contribution in [2.45, 2.75) is 13.8 Å². The fourth-order valence-corrected chi connectivity index (χ4v) is 0.960. The highest BCUT2D eigenvalue weighted by Gasteiger charge is 2.01. The van der Waals surface area contributed by atoms with Crippen molar-refractivity contribution in [2.24, 2.45) is 0 Å². The second-order valence-electron chi connectivity index (χ2n) is 2.41. The Morgan fingerprint density at radius 1 is 1.21 bits per heavy atom. The van der Waals surface area contributed by atoms with Crippen LogP contribution in [-0.4, -0.2) is 20.0 Å². The number of nitrogens with one attached hydrogen (secondary N) is 2. The van der Waals surface area contributed by atoms with E-state index in [-0.39, 0.29) is 5.91 Å². The molecule has 0 atom stereocenters. The predicted molar refractivity (Wildman–Crippen MR) is 60.7 cm³/mol. The van der Waals surface area contributed by atoms with Crippen molar-refractivity contribution in [3.8, 4) is 0 Å². The molecule has 14 heavy (non-hydrogen) atoms. The zero-order chi connectivity index (χ0) is 11.0. The lowest BCUT2D eigenvalue weighted by atomic mass is 10.2. The highest BCUT2D eigenvalue weighted by Crippen LogP contribution is 2.08. The van der Waals surface area contributed by atoms with E-state index in [9.17, 15) is 4.79 Å². The van der Waals surface area contributed by atoms with Crippen molar-refractivity contribution in [2.75, 3.05) is 19.4 Å². The number of amides is 1. The van der Waals surface area contributed by atoms with E-state index in [1.807, 2.05) is 33.0 Å². The zero-order valence-corrected chi connectivity index (χ0v) is 9.22. The molecule has 3 heteroatoms. The summed E-state index contributed by atoms with van der Waals surface area (Å²) in [5, 5.41) is 5.53. The van der Waals surface area contributed by atoms with E-state index < -0.39 is 0 Å². The summed E-state index contributed by atoms with van der Waals surface area (Å²) in [7, 11) is 3.44. The minimum atomic E-state index is -0.0629. The maximum atomic E-state index is 11.1. The molecule has 0 spiro atoms. The molecule has 0 saturated heterocycles. The molecule has 0 aliphatic heterocycles. The molecule has 1 aromatic rings. The summed E-state index contributed by atoms with van der Waals surface area (Å²) < 4.78 is 0. The van der Waals surface area contributed by atoms with Gasteiger partial charge < -0.3 is 10.6 Å². The SMILES string of the molecule is CC.CNC(=O)c1cccc(NC)c1. The fraction of sp³-hybridized carbons (Fsp3) is 0.364. The van der Waals surface area contributed by atoms with Gasteiger partial charge in [-0.2, -0.15) is 0 Å². The van der Waals surface area contributed by atoms with Gasteiger partial charge in [0.15, 0.2) is 0 Å². The molecule has 0 bridgehead atoms. The molecule has 0 aliphatic carbocycles. The van der Waals surface area contributed by atoms with Crippen LogP contribution in [-0.2, 0) is 0 Å². The predicted octanol–water partition coefficient (Wildman–Crippen LogP) is 2.11. The van der Waals surface area contributed by atoms with Gasteiger partial charge in [0.1, 0.15) is 0 Å². The fourth-order valence-electron chi connectivity index (χ4n) is 0.960. The van der Waals surface area contributed by atoms with Crippen LogP contribution in [0.1, 0.15) is 24.2 Å². The van der Waals surface area contributed by atoms with Crippen LogP contribution in [0, 0.1) is 0 Å². The van der Waals surface area contributed by atoms with Crippen LogP contribution in [0.5, 0.6) is 0 Å². The van der Waals surface area contributed by atoms with E-state index >= 15 is 0 Å². The Bertz CT molecular complexity index is 284. The second-order valence-corrected chi connectivity index (χ2v) is 2.41. The minimum absolute atomic E-state index is 0.0629. The van der Waals surface area contributed by atoms with Crippen LogP contribution in [0.25, 0.3) is 0 Å². The lowest BCUT2D eigenvalue weighted by molar-refractivity contribution is 0.0963. The van der Waals surface area contributed by atoms with Crippen LogP contribution >= 0.6 is 0 Å². The van der Waals surface area contributed by atoms with Crippen LogP contribution in [0.2, 0.25) is 0 Å². The van der Waals surface area contributed by atoms with E-state index in [4.69, 9.17) is 0 Å². The quantitative estimate of drug-likeness (QED) is 0.757. The van der Waals surface area contributed by atoms with Crippen molar-refractivity contribution in [3.05, 3.63) is 29.8 Å². The Kier molecular flexibility index (Phi) is 6.20. The average molecular weight is 194 g/mol. The zero-order valence-electron chi connectivity index (χ0n) is 9.22. The van der Waals surface area contributed by atoms with Gasteiger partial charge in [0.25, 0.3) is 5.91 Å². The van der Waals surface area contributed by atoms with Crippen molar-refractivity contribution in [3.63, 3.8) is 0 Å². The summed E-state index contributed by atoms with van der Waals surface area (Å²) in [5.41, 5.74) is 1.61. The van der Waals surface area contributed by atoms with Gasteiger partial charge in [0, 0.05) is 25.3 Å². The summed E-state index contributed by atoms with van der Waals surface area (Å²) in [5.74, 6) is -0.0629. The number of anilines is 1. The molecule has 0 heterocycles. The Morgan fingerprint density at radius 2 is 1.86 bits per heavy atom. The lowest BCUT2D eigenvalue weighted by Gasteiger charge is -2.02. The molecule has 1 aromatic carbocycles. The van der Waals surface area contributed by atoms with Crippen LogP contribution in [0.4, 0.5) is 5.69 Å². The second kappa shape index (κ2) is 6.95. The Hall–Kier alpha value is -1.51. The van der Waals surface area contributed by atoms with E-state index in [2.05, 4.69) is 10.6 Å². The standard InChI is InChI=1S/C9H12N2O.C2H6/c1-10-8-5-3-4-7(6-8)9(12)11-2;1-2/h3-6,10H,1-2H3,(H,11,12);1-2H3. The molecular weight excluding hydrogens is 176 g/mol. The first-order valence-electron chi connectivity index (χ1n) is 4.78. The molecule has 0 saturated carbocycles. The summed E-state index contributed by atoms with van der Waals surface area (Å²) in [4.78, 5) is 11.1. The highest BCUT2D eigenvalue weighted by atomic mass is 16.1. The molecule has 78 valence electrons. The number of benzene rings is 1. The molecule has 0 unspecified atom stereocenters. The third-order valence-corrected chi connectivity index (χ3v) is 1.64. The molecule has 1 rings (SSSR count). The summed E-state index contributed by atoms with van der Waals surface area (Å²) in [6.45, 7) is 4.00. The van der Waals surface area contributed by atoms with Crippen LogP contribution in [0.15, 0.2) is 24.3 Å². The topological polar surface area (TPSA) is 41.1 Å². The molecule has 1 amide bonds. The van der Waals surface area contributed by atoms with Crippen molar-refractivity contribution in [1.82, 2.24) is 5.32 Å². The van der Waals surface area contributed by atoms with Gasteiger partial charge in [-0.25, -0.2) is 0 Å². The highest BCUT2D eigenvalue weighted by molar-refractivity contribution is 5.94. The van der Waals surface area contributed by atoms with Gasteiger partial charge in [-0.05, 0) is 18.2 Å². The van der Waals surface area contributed by atoms with Crippen LogP contribution < -0.4 is 10.6 Å². The van der Waals surface area contributed by atoms with Crippen LogP contribution in [0.3, 0.4) is 0 Å².